The summed E-state index contributed by atoms with van der Waals surface area (Å²) in [6, 6.07) is 10.1. The Labute approximate surface area is 166 Å². The normalized spacial score (nSPS) is 11.3. The van der Waals surface area contributed by atoms with Crippen molar-refractivity contribution in [2.45, 2.75) is 6.54 Å². The highest BCUT2D eigenvalue weighted by Crippen LogP contribution is 2.25. The molecule has 0 unspecified atom stereocenters. The highest BCUT2D eigenvalue weighted by molar-refractivity contribution is 6.35. The smallest absolute Gasteiger partial charge is 0.262 e. The first-order chi connectivity index (χ1) is 12.3. The van der Waals surface area contributed by atoms with E-state index in [-0.39, 0.29) is 5.56 Å². The van der Waals surface area contributed by atoms with Gasteiger partial charge in [0.2, 0.25) is 5.95 Å². The molecule has 0 saturated heterocycles. The molecule has 0 amide bonds. The number of anilines is 2. The number of nitrogens with zero attached hydrogens (tertiary/aromatic N) is 3. The minimum Gasteiger partial charge on any atom is -0.325 e. The first-order valence-electron chi connectivity index (χ1n) is 7.91. The standard InChI is InChI=1S/C18H17Cl3N4O/c1-24(2)5-6-25-17(26)15-4-3-11(19)10-16(15)23-18(25)22-14-8-12(20)7-13(21)9-14/h3-4,7-10H,5-6H2,1-2H3,(H,22,23). The van der Waals surface area contributed by atoms with Gasteiger partial charge in [0, 0.05) is 33.8 Å². The van der Waals surface area contributed by atoms with E-state index in [1.807, 2.05) is 19.0 Å². The Bertz CT molecular complexity index is 997. The maximum absolute atomic E-state index is 13.0. The van der Waals surface area contributed by atoms with E-state index in [0.717, 1.165) is 0 Å². The molecule has 1 N–H and O–H groups in total. The molecule has 1 aromatic heterocycles. The van der Waals surface area contributed by atoms with E-state index in [1.54, 1.807) is 41.0 Å². The van der Waals surface area contributed by atoms with Crippen molar-refractivity contribution in [3.05, 3.63) is 61.8 Å². The van der Waals surface area contributed by atoms with Crippen molar-refractivity contribution in [3.8, 4) is 0 Å². The number of hydrogen-bond donors (Lipinski definition) is 1. The monoisotopic (exact) mass is 410 g/mol. The van der Waals surface area contributed by atoms with Crippen molar-refractivity contribution in [2.24, 2.45) is 0 Å². The maximum atomic E-state index is 13.0. The second-order valence-corrected chi connectivity index (χ2v) is 7.45. The summed E-state index contributed by atoms with van der Waals surface area (Å²) in [6.07, 6.45) is 0. The number of benzene rings is 2. The van der Waals surface area contributed by atoms with E-state index in [1.165, 1.54) is 0 Å². The van der Waals surface area contributed by atoms with Crippen LogP contribution < -0.4 is 10.9 Å². The zero-order chi connectivity index (χ0) is 18.8. The molecule has 0 atom stereocenters. The number of fused-ring (bicyclic) bond motifs is 1. The van der Waals surface area contributed by atoms with Crippen molar-refractivity contribution in [1.29, 1.82) is 0 Å². The summed E-state index contributed by atoms with van der Waals surface area (Å²) in [5.41, 5.74) is 1.04. The van der Waals surface area contributed by atoms with Gasteiger partial charge in [-0.1, -0.05) is 34.8 Å². The lowest BCUT2D eigenvalue weighted by atomic mass is 10.2. The topological polar surface area (TPSA) is 50.2 Å². The second kappa shape index (κ2) is 7.84. The van der Waals surface area contributed by atoms with Gasteiger partial charge in [-0.05, 0) is 50.5 Å². The van der Waals surface area contributed by atoms with Crippen LogP contribution in [0.4, 0.5) is 11.6 Å². The number of rotatable bonds is 5. The molecule has 0 aliphatic heterocycles. The van der Waals surface area contributed by atoms with E-state index in [9.17, 15) is 4.79 Å². The number of hydrogen-bond acceptors (Lipinski definition) is 4. The third-order valence-electron chi connectivity index (χ3n) is 3.81. The Morgan fingerprint density at radius 1 is 1.04 bits per heavy atom. The third kappa shape index (κ3) is 4.30. The Balaban J connectivity index is 2.13. The third-order valence-corrected chi connectivity index (χ3v) is 4.48. The lowest BCUT2D eigenvalue weighted by Crippen LogP contribution is -2.29. The van der Waals surface area contributed by atoms with Crippen LogP contribution in [-0.4, -0.2) is 35.1 Å². The number of nitrogens with one attached hydrogen (secondary N) is 1. The lowest BCUT2D eigenvalue weighted by Gasteiger charge is -2.17. The Morgan fingerprint density at radius 3 is 2.38 bits per heavy atom. The number of likely N-dealkylation sites (N-methyl/N-ethyl adjacent to an activating group) is 1. The summed E-state index contributed by atoms with van der Waals surface area (Å²) in [5.74, 6) is 0.407. The molecular weight excluding hydrogens is 395 g/mol. The molecule has 0 aliphatic rings. The summed E-state index contributed by atoms with van der Waals surface area (Å²) in [6.45, 7) is 1.17. The van der Waals surface area contributed by atoms with Crippen LogP contribution in [0.1, 0.15) is 0 Å². The van der Waals surface area contributed by atoms with Crippen molar-refractivity contribution in [2.75, 3.05) is 26.0 Å². The number of halogens is 3. The van der Waals surface area contributed by atoms with Crippen molar-refractivity contribution >= 4 is 57.3 Å². The molecule has 0 saturated carbocycles. The fourth-order valence-electron chi connectivity index (χ4n) is 2.55. The molecule has 0 aliphatic carbocycles. The molecule has 5 nitrogen and oxygen atoms in total. The molecule has 3 aromatic rings. The molecule has 136 valence electrons. The summed E-state index contributed by atoms with van der Waals surface area (Å²) < 4.78 is 1.60. The molecule has 0 radical (unpaired) electrons. The Morgan fingerprint density at radius 2 is 1.73 bits per heavy atom. The van der Waals surface area contributed by atoms with Gasteiger partial charge < -0.3 is 10.2 Å². The molecule has 0 fully saturated rings. The van der Waals surface area contributed by atoms with Gasteiger partial charge in [-0.25, -0.2) is 4.98 Å². The molecule has 3 rings (SSSR count). The molecule has 0 bridgehead atoms. The van der Waals surface area contributed by atoms with Gasteiger partial charge in [0.25, 0.3) is 5.56 Å². The summed E-state index contributed by atoms with van der Waals surface area (Å²) in [7, 11) is 3.90. The van der Waals surface area contributed by atoms with Crippen LogP contribution in [0.5, 0.6) is 0 Å². The molecule has 0 spiro atoms. The average Bonchev–Trinajstić information content (AvgIpc) is 2.53. The zero-order valence-electron chi connectivity index (χ0n) is 14.3. The average molecular weight is 412 g/mol. The summed E-state index contributed by atoms with van der Waals surface area (Å²) >= 11 is 18.2. The quantitative estimate of drug-likeness (QED) is 0.663. The predicted molar refractivity (Wildman–Crippen MR) is 109 cm³/mol. The highest BCUT2D eigenvalue weighted by Gasteiger charge is 2.12. The maximum Gasteiger partial charge on any atom is 0.262 e. The van der Waals surface area contributed by atoms with E-state index >= 15 is 0 Å². The molecule has 2 aromatic carbocycles. The lowest BCUT2D eigenvalue weighted by molar-refractivity contribution is 0.382. The van der Waals surface area contributed by atoms with Crippen molar-refractivity contribution < 1.29 is 0 Å². The molecule has 1 heterocycles. The van der Waals surface area contributed by atoms with Crippen LogP contribution in [0.2, 0.25) is 15.1 Å². The summed E-state index contributed by atoms with van der Waals surface area (Å²) in [5, 5.41) is 5.17. The SMILES string of the molecule is CN(C)CCn1c(Nc2cc(Cl)cc(Cl)c2)nc2cc(Cl)ccc2c1=O. The zero-order valence-corrected chi connectivity index (χ0v) is 16.5. The van der Waals surface area contributed by atoms with Gasteiger partial charge in [0.1, 0.15) is 0 Å². The van der Waals surface area contributed by atoms with E-state index in [2.05, 4.69) is 10.3 Å². The fraction of sp³-hybridized carbons (Fsp3) is 0.222. The van der Waals surface area contributed by atoms with Crippen LogP contribution in [0.3, 0.4) is 0 Å². The number of aromatic nitrogens is 2. The van der Waals surface area contributed by atoms with Crippen LogP contribution in [-0.2, 0) is 6.54 Å². The predicted octanol–water partition coefficient (Wildman–Crippen LogP) is 4.66. The minimum absolute atomic E-state index is 0.135. The van der Waals surface area contributed by atoms with E-state index < -0.39 is 0 Å². The van der Waals surface area contributed by atoms with Gasteiger partial charge >= 0.3 is 0 Å². The van der Waals surface area contributed by atoms with E-state index in [4.69, 9.17) is 34.8 Å². The fourth-order valence-corrected chi connectivity index (χ4v) is 3.24. The molecule has 26 heavy (non-hydrogen) atoms. The highest BCUT2D eigenvalue weighted by atomic mass is 35.5. The Hall–Kier alpha value is -1.79. The van der Waals surface area contributed by atoms with Crippen LogP contribution in [0, 0.1) is 0 Å². The molecular formula is C18H17Cl3N4O. The van der Waals surface area contributed by atoms with Gasteiger partial charge in [0.15, 0.2) is 0 Å². The van der Waals surface area contributed by atoms with Crippen molar-refractivity contribution in [1.82, 2.24) is 14.5 Å². The van der Waals surface area contributed by atoms with Gasteiger partial charge in [0.05, 0.1) is 10.9 Å². The first-order valence-corrected chi connectivity index (χ1v) is 9.05. The van der Waals surface area contributed by atoms with Crippen LogP contribution in [0.15, 0.2) is 41.2 Å². The molecule has 8 heteroatoms. The first kappa shape index (κ1) is 19.0. The van der Waals surface area contributed by atoms with Crippen LogP contribution in [0.25, 0.3) is 10.9 Å². The van der Waals surface area contributed by atoms with Gasteiger partial charge in [-0.3, -0.25) is 9.36 Å². The second-order valence-electron chi connectivity index (χ2n) is 6.14. The Kier molecular flexibility index (Phi) is 5.73. The van der Waals surface area contributed by atoms with Crippen molar-refractivity contribution in [3.63, 3.8) is 0 Å². The van der Waals surface area contributed by atoms with Gasteiger partial charge in [-0.2, -0.15) is 0 Å². The minimum atomic E-state index is -0.135. The largest absolute Gasteiger partial charge is 0.325 e. The summed E-state index contributed by atoms with van der Waals surface area (Å²) in [4.78, 5) is 19.6. The van der Waals surface area contributed by atoms with Gasteiger partial charge in [-0.15, -0.1) is 0 Å². The van der Waals surface area contributed by atoms with E-state index in [0.29, 0.717) is 50.7 Å². The van der Waals surface area contributed by atoms with Crippen LogP contribution >= 0.6 is 34.8 Å².